The van der Waals surface area contributed by atoms with Gasteiger partial charge in [-0.1, -0.05) is 65.8 Å². The first-order chi connectivity index (χ1) is 17.2. The summed E-state index contributed by atoms with van der Waals surface area (Å²) in [6.07, 6.45) is 4.25. The second kappa shape index (κ2) is 12.2. The molecule has 0 aliphatic heterocycles. The van der Waals surface area contributed by atoms with Crippen molar-refractivity contribution in [3.8, 4) is 11.5 Å². The van der Waals surface area contributed by atoms with Gasteiger partial charge in [0.15, 0.2) is 5.75 Å². The van der Waals surface area contributed by atoms with Crippen molar-refractivity contribution < 1.29 is 19.5 Å². The SMILES string of the molecule is O=C(O)c1ccc(CCCc2cc(C=NOc3ccccc3)ccc2OCc2ccccc2)cc1. The van der Waals surface area contributed by atoms with E-state index < -0.39 is 5.97 Å². The van der Waals surface area contributed by atoms with Crippen molar-refractivity contribution in [2.45, 2.75) is 25.9 Å². The maximum atomic E-state index is 11.1. The zero-order valence-electron chi connectivity index (χ0n) is 19.3. The molecule has 0 radical (unpaired) electrons. The molecule has 1 N–H and O–H groups in total. The van der Waals surface area contributed by atoms with Crippen LogP contribution in [0.25, 0.3) is 0 Å². The van der Waals surface area contributed by atoms with Gasteiger partial charge in [0.25, 0.3) is 0 Å². The molecule has 0 heterocycles. The molecule has 0 aliphatic rings. The van der Waals surface area contributed by atoms with Crippen LogP contribution in [0.15, 0.2) is 108 Å². The number of benzene rings is 4. The van der Waals surface area contributed by atoms with Crippen molar-refractivity contribution in [2.75, 3.05) is 0 Å². The Bertz CT molecular complexity index is 1250. The Morgan fingerprint density at radius 1 is 0.800 bits per heavy atom. The number of hydrogen-bond acceptors (Lipinski definition) is 4. The molecule has 35 heavy (non-hydrogen) atoms. The Kier molecular flexibility index (Phi) is 8.28. The lowest BCUT2D eigenvalue weighted by molar-refractivity contribution is 0.0697. The third-order valence-corrected chi connectivity index (χ3v) is 5.54. The number of rotatable bonds is 11. The molecule has 0 saturated carbocycles. The Morgan fingerprint density at radius 2 is 1.51 bits per heavy atom. The molecule has 0 aliphatic carbocycles. The minimum absolute atomic E-state index is 0.301. The summed E-state index contributed by atoms with van der Waals surface area (Å²) in [5.74, 6) is 0.614. The number of para-hydroxylation sites is 1. The van der Waals surface area contributed by atoms with E-state index in [0.717, 1.165) is 47.3 Å². The lowest BCUT2D eigenvalue weighted by Crippen LogP contribution is -2.01. The summed E-state index contributed by atoms with van der Waals surface area (Å²) in [4.78, 5) is 16.5. The van der Waals surface area contributed by atoms with Crippen LogP contribution in [-0.4, -0.2) is 17.3 Å². The molecule has 5 nitrogen and oxygen atoms in total. The van der Waals surface area contributed by atoms with E-state index in [1.54, 1.807) is 18.3 Å². The third-order valence-electron chi connectivity index (χ3n) is 5.54. The summed E-state index contributed by atoms with van der Waals surface area (Å²) in [6, 6.07) is 32.6. The molecule has 0 fully saturated rings. The van der Waals surface area contributed by atoms with E-state index in [1.807, 2.05) is 84.9 Å². The van der Waals surface area contributed by atoms with Gasteiger partial charge in [0.05, 0.1) is 11.8 Å². The van der Waals surface area contributed by atoms with Crippen molar-refractivity contribution in [1.82, 2.24) is 0 Å². The van der Waals surface area contributed by atoms with Gasteiger partial charge in [-0.2, -0.15) is 0 Å². The first-order valence-electron chi connectivity index (χ1n) is 11.5. The summed E-state index contributed by atoms with van der Waals surface area (Å²) in [6.45, 7) is 0.495. The van der Waals surface area contributed by atoms with Crippen LogP contribution in [-0.2, 0) is 19.4 Å². The number of aromatic carboxylic acids is 1. The van der Waals surface area contributed by atoms with Crippen LogP contribution in [0.5, 0.6) is 11.5 Å². The third kappa shape index (κ3) is 7.30. The number of aryl methyl sites for hydroxylation is 2. The predicted molar refractivity (Wildman–Crippen MR) is 137 cm³/mol. The summed E-state index contributed by atoms with van der Waals surface area (Å²) >= 11 is 0. The second-order valence-corrected chi connectivity index (χ2v) is 8.14. The quantitative estimate of drug-likeness (QED) is 0.201. The highest BCUT2D eigenvalue weighted by molar-refractivity contribution is 5.87. The molecule has 0 unspecified atom stereocenters. The summed E-state index contributed by atoms with van der Waals surface area (Å²) in [5.41, 5.74) is 4.53. The van der Waals surface area contributed by atoms with Crippen molar-refractivity contribution >= 4 is 12.2 Å². The number of hydrogen-bond donors (Lipinski definition) is 1. The van der Waals surface area contributed by atoms with Crippen LogP contribution >= 0.6 is 0 Å². The molecule has 4 aromatic carbocycles. The highest BCUT2D eigenvalue weighted by Gasteiger charge is 2.07. The minimum atomic E-state index is -0.911. The Balaban J connectivity index is 1.44. The fourth-order valence-corrected chi connectivity index (χ4v) is 3.68. The Hall–Kier alpha value is -4.38. The zero-order valence-corrected chi connectivity index (χ0v) is 19.3. The van der Waals surface area contributed by atoms with Gasteiger partial charge < -0.3 is 14.7 Å². The Labute approximate surface area is 205 Å². The number of carboxylic acid groups (broad SMARTS) is 1. The summed E-state index contributed by atoms with van der Waals surface area (Å²) in [7, 11) is 0. The van der Waals surface area contributed by atoms with Crippen LogP contribution < -0.4 is 9.57 Å². The van der Waals surface area contributed by atoms with E-state index in [9.17, 15) is 4.79 Å². The molecule has 176 valence electrons. The van der Waals surface area contributed by atoms with Gasteiger partial charge in [0.2, 0.25) is 0 Å². The molecule has 5 heteroatoms. The number of oxime groups is 1. The van der Waals surface area contributed by atoms with Crippen molar-refractivity contribution in [3.05, 3.63) is 131 Å². The van der Waals surface area contributed by atoms with Crippen molar-refractivity contribution in [1.29, 1.82) is 0 Å². The smallest absolute Gasteiger partial charge is 0.335 e. The van der Waals surface area contributed by atoms with Crippen molar-refractivity contribution in [3.63, 3.8) is 0 Å². The normalized spacial score (nSPS) is 10.9. The maximum absolute atomic E-state index is 11.1. The number of ether oxygens (including phenoxy) is 1. The van der Waals surface area contributed by atoms with Crippen LogP contribution in [0, 0.1) is 0 Å². The van der Waals surface area contributed by atoms with Crippen LogP contribution in [0.4, 0.5) is 0 Å². The summed E-state index contributed by atoms with van der Waals surface area (Å²) in [5, 5.41) is 13.2. The van der Waals surface area contributed by atoms with E-state index in [0.29, 0.717) is 17.9 Å². The molecule has 0 amide bonds. The monoisotopic (exact) mass is 465 g/mol. The fraction of sp³-hybridized carbons (Fsp3) is 0.133. The van der Waals surface area contributed by atoms with E-state index in [1.165, 1.54) is 0 Å². The van der Waals surface area contributed by atoms with Gasteiger partial charge in [-0.3, -0.25) is 0 Å². The molecule has 0 saturated heterocycles. The van der Waals surface area contributed by atoms with Gasteiger partial charge >= 0.3 is 5.97 Å². The first kappa shape index (κ1) is 23.8. The fourth-order valence-electron chi connectivity index (χ4n) is 3.68. The molecular weight excluding hydrogens is 438 g/mol. The highest BCUT2D eigenvalue weighted by atomic mass is 16.6. The summed E-state index contributed by atoms with van der Waals surface area (Å²) < 4.78 is 6.16. The lowest BCUT2D eigenvalue weighted by Gasteiger charge is -2.13. The van der Waals surface area contributed by atoms with Crippen LogP contribution in [0.3, 0.4) is 0 Å². The van der Waals surface area contributed by atoms with Gasteiger partial charge in [-0.25, -0.2) is 4.79 Å². The molecule has 0 spiro atoms. The van der Waals surface area contributed by atoms with Gasteiger partial charge in [0.1, 0.15) is 12.4 Å². The largest absolute Gasteiger partial charge is 0.489 e. The number of nitrogens with zero attached hydrogens (tertiary/aromatic N) is 1. The Morgan fingerprint density at radius 3 is 2.23 bits per heavy atom. The number of carboxylic acids is 1. The topological polar surface area (TPSA) is 68.1 Å². The van der Waals surface area contributed by atoms with Crippen molar-refractivity contribution in [2.24, 2.45) is 5.16 Å². The van der Waals surface area contributed by atoms with Gasteiger partial charge in [-0.15, -0.1) is 0 Å². The van der Waals surface area contributed by atoms with Crippen LogP contribution in [0.1, 0.15) is 39.0 Å². The average Bonchev–Trinajstić information content (AvgIpc) is 2.90. The second-order valence-electron chi connectivity index (χ2n) is 8.14. The molecular formula is C30H27NO4. The van der Waals surface area contributed by atoms with E-state index in [4.69, 9.17) is 14.7 Å². The molecule has 0 bridgehead atoms. The number of carbonyl (C=O) groups is 1. The standard InChI is InChI=1S/C30H27NO4/c32-30(33)26-17-14-23(15-18-26)10-7-11-27-20-25(21-31-35-28-12-5-2-6-13-28)16-19-29(27)34-22-24-8-3-1-4-9-24/h1-6,8-9,12-21H,7,10-11,22H2,(H,32,33). The molecule has 0 aromatic heterocycles. The average molecular weight is 466 g/mol. The lowest BCUT2D eigenvalue weighted by atomic mass is 10.0. The minimum Gasteiger partial charge on any atom is -0.489 e. The predicted octanol–water partition coefficient (Wildman–Crippen LogP) is 6.55. The van der Waals surface area contributed by atoms with E-state index in [2.05, 4.69) is 11.2 Å². The highest BCUT2D eigenvalue weighted by Crippen LogP contribution is 2.24. The van der Waals surface area contributed by atoms with Gasteiger partial charge in [-0.05, 0) is 84.0 Å². The molecule has 0 atom stereocenters. The van der Waals surface area contributed by atoms with E-state index >= 15 is 0 Å². The van der Waals surface area contributed by atoms with Gasteiger partial charge in [0, 0.05) is 0 Å². The molecule has 4 rings (SSSR count). The van der Waals surface area contributed by atoms with E-state index in [-0.39, 0.29) is 0 Å². The molecule has 4 aromatic rings. The first-order valence-corrected chi connectivity index (χ1v) is 11.5. The van der Waals surface area contributed by atoms with Crippen LogP contribution in [0.2, 0.25) is 0 Å². The zero-order chi connectivity index (χ0) is 24.3. The maximum Gasteiger partial charge on any atom is 0.335 e.